The molecule has 17 heavy (non-hydrogen) atoms. The topological polar surface area (TPSA) is 29.1 Å². The van der Waals surface area contributed by atoms with Crippen molar-refractivity contribution in [2.75, 3.05) is 5.88 Å². The number of halogens is 1. The number of hydrogen-bond acceptors (Lipinski definition) is 2. The Morgan fingerprint density at radius 1 is 1.41 bits per heavy atom. The molecule has 92 valence electrons. The smallest absolute Gasteiger partial charge is 0.261 e. The summed E-state index contributed by atoms with van der Waals surface area (Å²) in [5.74, 6) is 0.603. The number of carbonyl (C=O) groups excluding carboxylic acids is 1. The Bertz CT molecular complexity index is 427. The maximum absolute atomic E-state index is 12.1. The van der Waals surface area contributed by atoms with Crippen LogP contribution in [0.15, 0.2) is 6.07 Å². The van der Waals surface area contributed by atoms with Crippen LogP contribution in [-0.4, -0.2) is 17.3 Å². The number of nitrogens with one attached hydrogen (secondary N) is 1. The summed E-state index contributed by atoms with van der Waals surface area (Å²) in [5, 5.41) is 3.08. The van der Waals surface area contributed by atoms with Crippen LogP contribution in [0.1, 0.15) is 45.8 Å². The van der Waals surface area contributed by atoms with Gasteiger partial charge in [-0.25, -0.2) is 0 Å². The molecule has 0 saturated heterocycles. The van der Waals surface area contributed by atoms with E-state index in [1.165, 1.54) is 23.3 Å². The van der Waals surface area contributed by atoms with E-state index in [0.29, 0.717) is 5.88 Å². The number of thiophene rings is 1. The normalized spacial score (nSPS) is 20.8. The summed E-state index contributed by atoms with van der Waals surface area (Å²) in [6.07, 6.45) is 6.85. The van der Waals surface area contributed by atoms with Crippen molar-refractivity contribution in [1.82, 2.24) is 5.32 Å². The maximum Gasteiger partial charge on any atom is 0.261 e. The minimum absolute atomic E-state index is 0.0718. The molecule has 0 spiro atoms. The first-order valence-corrected chi connectivity index (χ1v) is 7.58. The molecular weight excluding hydrogens is 254 g/mol. The SMILES string of the molecule is O=C(NC1(CCl)CC1)c1cc2c(s1)CCCC2. The fraction of sp³-hybridized carbons (Fsp3) is 0.615. The number of amides is 1. The molecule has 4 heteroatoms. The fourth-order valence-electron chi connectivity index (χ4n) is 2.35. The zero-order valence-electron chi connectivity index (χ0n) is 9.72. The highest BCUT2D eigenvalue weighted by atomic mass is 35.5. The number of hydrogen-bond donors (Lipinski definition) is 1. The van der Waals surface area contributed by atoms with Crippen LogP contribution in [0.25, 0.3) is 0 Å². The molecule has 2 aliphatic carbocycles. The number of fused-ring (bicyclic) bond motifs is 1. The van der Waals surface area contributed by atoms with Crippen molar-refractivity contribution in [3.8, 4) is 0 Å². The molecule has 1 aromatic rings. The molecule has 1 fully saturated rings. The first-order chi connectivity index (χ1) is 8.22. The van der Waals surface area contributed by atoms with E-state index in [1.54, 1.807) is 11.3 Å². The Morgan fingerprint density at radius 2 is 2.18 bits per heavy atom. The fourth-order valence-corrected chi connectivity index (χ4v) is 3.83. The molecule has 1 N–H and O–H groups in total. The molecule has 1 amide bonds. The minimum Gasteiger partial charge on any atom is -0.345 e. The van der Waals surface area contributed by atoms with Crippen LogP contribution in [0.3, 0.4) is 0 Å². The monoisotopic (exact) mass is 269 g/mol. The Kier molecular flexibility index (Phi) is 2.91. The van der Waals surface area contributed by atoms with E-state index >= 15 is 0 Å². The van der Waals surface area contributed by atoms with Gasteiger partial charge in [0.2, 0.25) is 0 Å². The van der Waals surface area contributed by atoms with Gasteiger partial charge in [0, 0.05) is 10.8 Å². The number of aryl methyl sites for hydroxylation is 2. The van der Waals surface area contributed by atoms with Crippen LogP contribution in [0.5, 0.6) is 0 Å². The predicted molar refractivity (Wildman–Crippen MR) is 71.1 cm³/mol. The number of carbonyl (C=O) groups is 1. The second-order valence-corrected chi connectivity index (χ2v) is 6.54. The van der Waals surface area contributed by atoms with Crippen molar-refractivity contribution in [2.24, 2.45) is 0 Å². The molecule has 3 rings (SSSR count). The summed E-state index contributed by atoms with van der Waals surface area (Å²) in [5.41, 5.74) is 1.30. The van der Waals surface area contributed by atoms with Crippen molar-refractivity contribution in [1.29, 1.82) is 0 Å². The van der Waals surface area contributed by atoms with E-state index in [-0.39, 0.29) is 11.4 Å². The largest absolute Gasteiger partial charge is 0.345 e. The first kappa shape index (κ1) is 11.5. The highest BCUT2D eigenvalue weighted by Gasteiger charge is 2.43. The van der Waals surface area contributed by atoms with Crippen molar-refractivity contribution >= 4 is 28.8 Å². The third-order valence-electron chi connectivity index (χ3n) is 3.71. The first-order valence-electron chi connectivity index (χ1n) is 6.22. The third kappa shape index (κ3) is 2.23. The van der Waals surface area contributed by atoms with Crippen LogP contribution >= 0.6 is 22.9 Å². The maximum atomic E-state index is 12.1. The van der Waals surface area contributed by atoms with Gasteiger partial charge in [-0.05, 0) is 50.2 Å². The molecule has 0 aliphatic heterocycles. The summed E-state index contributed by atoms with van der Waals surface area (Å²) in [6, 6.07) is 2.08. The number of rotatable bonds is 3. The van der Waals surface area contributed by atoms with Crippen molar-refractivity contribution in [2.45, 2.75) is 44.1 Å². The molecule has 2 aliphatic rings. The zero-order valence-corrected chi connectivity index (χ0v) is 11.3. The Balaban J connectivity index is 1.75. The molecule has 0 atom stereocenters. The van der Waals surface area contributed by atoms with Crippen molar-refractivity contribution < 1.29 is 4.79 Å². The third-order valence-corrected chi connectivity index (χ3v) is 5.46. The van der Waals surface area contributed by atoms with Gasteiger partial charge in [-0.1, -0.05) is 0 Å². The Labute approximate surface area is 110 Å². The summed E-state index contributed by atoms with van der Waals surface area (Å²) in [6.45, 7) is 0. The molecule has 1 heterocycles. The van der Waals surface area contributed by atoms with Crippen molar-refractivity contribution in [3.63, 3.8) is 0 Å². The summed E-state index contributed by atoms with van der Waals surface area (Å²) < 4.78 is 0. The molecule has 1 aromatic heterocycles. The van der Waals surface area contributed by atoms with Gasteiger partial charge in [0.15, 0.2) is 0 Å². The van der Waals surface area contributed by atoms with Crippen LogP contribution in [0.4, 0.5) is 0 Å². The summed E-state index contributed by atoms with van der Waals surface area (Å²) in [7, 11) is 0. The number of alkyl halides is 1. The molecule has 0 unspecified atom stereocenters. The van der Waals surface area contributed by atoms with Crippen LogP contribution < -0.4 is 5.32 Å². The second-order valence-electron chi connectivity index (χ2n) is 5.13. The minimum atomic E-state index is -0.0941. The summed E-state index contributed by atoms with van der Waals surface area (Å²) in [4.78, 5) is 14.4. The van der Waals surface area contributed by atoms with Gasteiger partial charge in [0.1, 0.15) is 0 Å². The van der Waals surface area contributed by atoms with Gasteiger partial charge in [-0.3, -0.25) is 4.79 Å². The second kappa shape index (κ2) is 4.29. The standard InChI is InChI=1S/C13H16ClNOS/c14-8-13(5-6-13)15-12(16)11-7-9-3-1-2-4-10(9)17-11/h7H,1-6,8H2,(H,15,16). The lowest BCUT2D eigenvalue weighted by molar-refractivity contribution is 0.0940. The van der Waals surface area contributed by atoms with Gasteiger partial charge in [0.25, 0.3) is 5.91 Å². The van der Waals surface area contributed by atoms with Gasteiger partial charge in [-0.15, -0.1) is 22.9 Å². The van der Waals surface area contributed by atoms with Crippen LogP contribution in [-0.2, 0) is 12.8 Å². The van der Waals surface area contributed by atoms with E-state index < -0.39 is 0 Å². The van der Waals surface area contributed by atoms with E-state index in [2.05, 4.69) is 11.4 Å². The lowest BCUT2D eigenvalue weighted by Crippen LogP contribution is -2.37. The van der Waals surface area contributed by atoms with Crippen LogP contribution in [0, 0.1) is 0 Å². The predicted octanol–water partition coefficient (Wildman–Crippen LogP) is 3.13. The van der Waals surface area contributed by atoms with Gasteiger partial charge in [0.05, 0.1) is 10.4 Å². The Hall–Kier alpha value is -0.540. The van der Waals surface area contributed by atoms with Gasteiger partial charge >= 0.3 is 0 Å². The average Bonchev–Trinajstić information content (AvgIpc) is 2.98. The molecule has 0 radical (unpaired) electrons. The van der Waals surface area contributed by atoms with E-state index in [1.807, 2.05) is 0 Å². The zero-order chi connectivity index (χ0) is 11.9. The lowest BCUT2D eigenvalue weighted by atomic mass is 9.99. The average molecular weight is 270 g/mol. The molecule has 0 bridgehead atoms. The lowest BCUT2D eigenvalue weighted by Gasteiger charge is -2.12. The highest BCUT2D eigenvalue weighted by Crippen LogP contribution is 2.37. The van der Waals surface area contributed by atoms with Gasteiger partial charge in [-0.2, -0.15) is 0 Å². The van der Waals surface area contributed by atoms with Crippen molar-refractivity contribution in [3.05, 3.63) is 21.4 Å². The van der Waals surface area contributed by atoms with Gasteiger partial charge < -0.3 is 5.32 Å². The molecule has 0 aromatic carbocycles. The van der Waals surface area contributed by atoms with E-state index in [9.17, 15) is 4.79 Å². The van der Waals surface area contributed by atoms with E-state index in [0.717, 1.165) is 30.6 Å². The molecule has 2 nitrogen and oxygen atoms in total. The molecular formula is C13H16ClNOS. The summed E-state index contributed by atoms with van der Waals surface area (Å²) >= 11 is 7.54. The van der Waals surface area contributed by atoms with Crippen LogP contribution in [0.2, 0.25) is 0 Å². The highest BCUT2D eigenvalue weighted by molar-refractivity contribution is 7.14. The Morgan fingerprint density at radius 3 is 2.82 bits per heavy atom. The van der Waals surface area contributed by atoms with E-state index in [4.69, 9.17) is 11.6 Å². The quantitative estimate of drug-likeness (QED) is 0.840. The molecule has 1 saturated carbocycles.